The van der Waals surface area contributed by atoms with E-state index in [4.69, 9.17) is 9.47 Å². The summed E-state index contributed by atoms with van der Waals surface area (Å²) in [4.78, 5) is 0. The molecule has 0 atom stereocenters. The summed E-state index contributed by atoms with van der Waals surface area (Å²) in [6.45, 7) is 5.56. The number of rotatable bonds is 6. The minimum atomic E-state index is 0.684. The summed E-state index contributed by atoms with van der Waals surface area (Å²) in [7, 11) is 0. The minimum absolute atomic E-state index is 0.684. The summed E-state index contributed by atoms with van der Waals surface area (Å²) in [5.41, 5.74) is 0. The van der Waals surface area contributed by atoms with E-state index in [1.165, 1.54) is 0 Å². The highest BCUT2D eigenvalue weighted by atomic mass is 16.5. The van der Waals surface area contributed by atoms with Crippen molar-refractivity contribution in [2.45, 2.75) is 26.7 Å². The molecule has 0 bridgehead atoms. The largest absolute Gasteiger partial charge is 0.494 e. The van der Waals surface area contributed by atoms with Gasteiger partial charge in [0.05, 0.1) is 13.2 Å². The van der Waals surface area contributed by atoms with Gasteiger partial charge in [-0.2, -0.15) is 0 Å². The number of hydrogen-bond acceptors (Lipinski definition) is 2. The van der Waals surface area contributed by atoms with Crippen LogP contribution in [0.5, 0.6) is 11.5 Å². The Labute approximate surface area is 85.8 Å². The average molecular weight is 193 g/mol. The third-order valence-corrected chi connectivity index (χ3v) is 1.82. The van der Waals surface area contributed by atoms with Crippen LogP contribution in [0, 0.1) is 6.07 Å². The maximum absolute atomic E-state index is 5.47. The molecule has 1 aromatic rings. The molecule has 1 aromatic carbocycles. The molecular formula is C12H17O2. The third-order valence-electron chi connectivity index (χ3n) is 1.82. The van der Waals surface area contributed by atoms with Gasteiger partial charge in [0.15, 0.2) is 0 Å². The zero-order chi connectivity index (χ0) is 10.2. The van der Waals surface area contributed by atoms with Crippen LogP contribution in [0.3, 0.4) is 0 Å². The fourth-order valence-corrected chi connectivity index (χ4v) is 1.07. The van der Waals surface area contributed by atoms with E-state index in [2.05, 4.69) is 13.0 Å². The SMILES string of the molecule is CCCCOc1[c]cc(OCC)cc1. The van der Waals surface area contributed by atoms with Crippen molar-refractivity contribution < 1.29 is 9.47 Å². The second-order valence-electron chi connectivity index (χ2n) is 3.02. The molecule has 0 aliphatic rings. The van der Waals surface area contributed by atoms with Gasteiger partial charge in [0.1, 0.15) is 11.5 Å². The Kier molecular flexibility index (Phi) is 4.90. The Morgan fingerprint density at radius 1 is 1.21 bits per heavy atom. The number of ether oxygens (including phenoxy) is 2. The molecule has 1 rings (SSSR count). The first-order chi connectivity index (χ1) is 6.86. The molecule has 0 aliphatic heterocycles. The van der Waals surface area contributed by atoms with E-state index in [9.17, 15) is 0 Å². The fraction of sp³-hybridized carbons (Fsp3) is 0.500. The van der Waals surface area contributed by atoms with Gasteiger partial charge in [-0.1, -0.05) is 13.3 Å². The molecule has 0 aliphatic carbocycles. The van der Waals surface area contributed by atoms with Crippen LogP contribution in [0.25, 0.3) is 0 Å². The number of unbranched alkanes of at least 4 members (excludes halogenated alkanes) is 1. The smallest absolute Gasteiger partial charge is 0.127 e. The van der Waals surface area contributed by atoms with Crippen molar-refractivity contribution in [1.82, 2.24) is 0 Å². The van der Waals surface area contributed by atoms with Crippen LogP contribution in [0.1, 0.15) is 26.7 Å². The normalized spacial score (nSPS) is 9.86. The highest BCUT2D eigenvalue weighted by Crippen LogP contribution is 2.16. The molecule has 0 spiro atoms. The van der Waals surface area contributed by atoms with Crippen LogP contribution >= 0.6 is 0 Å². The molecule has 0 saturated carbocycles. The van der Waals surface area contributed by atoms with Crippen molar-refractivity contribution in [3.05, 3.63) is 24.3 Å². The zero-order valence-corrected chi connectivity index (χ0v) is 8.88. The Bertz CT molecular complexity index is 241. The lowest BCUT2D eigenvalue weighted by atomic mass is 10.3. The molecule has 0 fully saturated rings. The highest BCUT2D eigenvalue weighted by Gasteiger charge is 1.95. The quantitative estimate of drug-likeness (QED) is 0.646. The summed E-state index contributed by atoms with van der Waals surface area (Å²) in [6.07, 6.45) is 2.23. The van der Waals surface area contributed by atoms with Crippen LogP contribution < -0.4 is 9.47 Å². The lowest BCUT2D eigenvalue weighted by molar-refractivity contribution is 0.306. The van der Waals surface area contributed by atoms with E-state index in [1.54, 1.807) is 0 Å². The Morgan fingerprint density at radius 2 is 2.07 bits per heavy atom. The van der Waals surface area contributed by atoms with Gasteiger partial charge in [0.25, 0.3) is 0 Å². The second-order valence-corrected chi connectivity index (χ2v) is 3.02. The Hall–Kier alpha value is -1.18. The first-order valence-corrected chi connectivity index (χ1v) is 5.14. The van der Waals surface area contributed by atoms with Gasteiger partial charge >= 0.3 is 0 Å². The molecule has 0 heterocycles. The third kappa shape index (κ3) is 3.69. The molecule has 14 heavy (non-hydrogen) atoms. The van der Waals surface area contributed by atoms with E-state index in [0.29, 0.717) is 6.61 Å². The van der Waals surface area contributed by atoms with Crippen LogP contribution in [0.15, 0.2) is 18.2 Å². The molecule has 1 radical (unpaired) electrons. The number of benzene rings is 1. The predicted molar refractivity (Wildman–Crippen MR) is 56.9 cm³/mol. The topological polar surface area (TPSA) is 18.5 Å². The molecule has 0 amide bonds. The van der Waals surface area contributed by atoms with Crippen molar-refractivity contribution in [1.29, 1.82) is 0 Å². The summed E-state index contributed by atoms with van der Waals surface area (Å²) in [5.74, 6) is 1.64. The summed E-state index contributed by atoms with van der Waals surface area (Å²) in [6, 6.07) is 8.64. The first-order valence-electron chi connectivity index (χ1n) is 5.14. The van der Waals surface area contributed by atoms with Crippen molar-refractivity contribution in [3.8, 4) is 11.5 Å². The molecule has 0 saturated heterocycles. The number of hydrogen-bond donors (Lipinski definition) is 0. The van der Waals surface area contributed by atoms with Crippen LogP contribution in [-0.4, -0.2) is 13.2 Å². The van der Waals surface area contributed by atoms with Gasteiger partial charge in [0, 0.05) is 6.07 Å². The molecule has 0 aromatic heterocycles. The molecule has 0 unspecified atom stereocenters. The minimum Gasteiger partial charge on any atom is -0.494 e. The van der Waals surface area contributed by atoms with Crippen molar-refractivity contribution in [3.63, 3.8) is 0 Å². The lowest BCUT2D eigenvalue weighted by Gasteiger charge is -2.06. The zero-order valence-electron chi connectivity index (χ0n) is 8.88. The molecular weight excluding hydrogens is 176 g/mol. The summed E-state index contributed by atoms with van der Waals surface area (Å²) in [5, 5.41) is 0. The summed E-state index contributed by atoms with van der Waals surface area (Å²) >= 11 is 0. The van der Waals surface area contributed by atoms with E-state index >= 15 is 0 Å². The molecule has 77 valence electrons. The van der Waals surface area contributed by atoms with Crippen molar-refractivity contribution >= 4 is 0 Å². The first kappa shape index (κ1) is 10.9. The van der Waals surface area contributed by atoms with Crippen LogP contribution in [0.4, 0.5) is 0 Å². The van der Waals surface area contributed by atoms with Crippen LogP contribution in [0.2, 0.25) is 0 Å². The molecule has 2 nitrogen and oxygen atoms in total. The Morgan fingerprint density at radius 3 is 2.64 bits per heavy atom. The van der Waals surface area contributed by atoms with E-state index in [-0.39, 0.29) is 0 Å². The lowest BCUT2D eigenvalue weighted by Crippen LogP contribution is -1.96. The van der Waals surface area contributed by atoms with Crippen molar-refractivity contribution in [2.24, 2.45) is 0 Å². The maximum Gasteiger partial charge on any atom is 0.127 e. The van der Waals surface area contributed by atoms with Gasteiger partial charge in [-0.05, 0) is 31.5 Å². The Balaban J connectivity index is 2.38. The molecule has 0 N–H and O–H groups in total. The van der Waals surface area contributed by atoms with Gasteiger partial charge < -0.3 is 9.47 Å². The monoisotopic (exact) mass is 193 g/mol. The fourth-order valence-electron chi connectivity index (χ4n) is 1.07. The van der Waals surface area contributed by atoms with Gasteiger partial charge in [0.2, 0.25) is 0 Å². The van der Waals surface area contributed by atoms with Crippen molar-refractivity contribution in [2.75, 3.05) is 13.2 Å². The maximum atomic E-state index is 5.47. The molecule has 2 heteroatoms. The second kappa shape index (κ2) is 6.30. The standard InChI is InChI=1S/C12H17O2/c1-3-5-10-14-12-8-6-11(7-9-12)13-4-2/h6-8H,3-5,10H2,1-2H3. The van der Waals surface area contributed by atoms with Gasteiger partial charge in [-0.25, -0.2) is 0 Å². The van der Waals surface area contributed by atoms with E-state index in [1.807, 2.05) is 25.1 Å². The van der Waals surface area contributed by atoms with E-state index < -0.39 is 0 Å². The highest BCUT2D eigenvalue weighted by molar-refractivity contribution is 5.29. The predicted octanol–water partition coefficient (Wildman–Crippen LogP) is 3.06. The average Bonchev–Trinajstić information content (AvgIpc) is 2.21. The van der Waals surface area contributed by atoms with Crippen LogP contribution in [-0.2, 0) is 0 Å². The van der Waals surface area contributed by atoms with Gasteiger partial charge in [-0.3, -0.25) is 0 Å². The summed E-state index contributed by atoms with van der Waals surface area (Å²) < 4.78 is 10.8. The van der Waals surface area contributed by atoms with E-state index in [0.717, 1.165) is 30.9 Å². The van der Waals surface area contributed by atoms with Gasteiger partial charge in [-0.15, -0.1) is 0 Å².